The maximum absolute atomic E-state index is 14.5. The molecule has 1 unspecified atom stereocenters. The number of anilines is 1. The van der Waals surface area contributed by atoms with Crippen molar-refractivity contribution < 1.29 is 13.7 Å². The minimum Gasteiger partial charge on any atom is -0.379 e. The largest absolute Gasteiger partial charge is 0.379 e. The Morgan fingerprint density at radius 1 is 1.27 bits per heavy atom. The summed E-state index contributed by atoms with van der Waals surface area (Å²) in [5.74, 6) is 1.000. The van der Waals surface area contributed by atoms with Crippen LogP contribution in [0.4, 0.5) is 10.1 Å². The number of hydrogen-bond donors (Lipinski definition) is 2. The number of nitrogens with two attached hydrogens (primary N) is 1. The van der Waals surface area contributed by atoms with Gasteiger partial charge in [-0.2, -0.15) is 4.98 Å². The van der Waals surface area contributed by atoms with E-state index in [9.17, 15) is 9.18 Å². The van der Waals surface area contributed by atoms with E-state index in [0.717, 1.165) is 11.3 Å². The van der Waals surface area contributed by atoms with Gasteiger partial charge >= 0.3 is 0 Å². The van der Waals surface area contributed by atoms with Crippen molar-refractivity contribution in [3.05, 3.63) is 65.3 Å². The summed E-state index contributed by atoms with van der Waals surface area (Å²) in [6, 6.07) is 11.3. The molecule has 7 nitrogen and oxygen atoms in total. The predicted molar refractivity (Wildman–Crippen MR) is 115 cm³/mol. The number of amidine groups is 1. The van der Waals surface area contributed by atoms with E-state index in [4.69, 9.17) is 10.3 Å². The zero-order valence-corrected chi connectivity index (χ0v) is 17.3. The fraction of sp³-hybridized carbons (Fsp3) is 0.238. The van der Waals surface area contributed by atoms with Crippen LogP contribution in [-0.4, -0.2) is 27.0 Å². The molecule has 0 radical (unpaired) electrons. The minimum atomic E-state index is -0.759. The van der Waals surface area contributed by atoms with Gasteiger partial charge in [-0.1, -0.05) is 29.1 Å². The standard InChI is InChI=1S/C21H20FN5O2S/c1-12-24-18(27-29-12)13-3-5-14(6-4-13)19(28)25-15-7-8-17(22)16(11-15)21(2)9-10-30-20(23)26-21/h3-8,11H,9-10H2,1-2H3,(H2,23,26)(H,25,28). The van der Waals surface area contributed by atoms with Crippen LogP contribution in [0.15, 0.2) is 52.0 Å². The van der Waals surface area contributed by atoms with E-state index in [2.05, 4.69) is 20.4 Å². The number of carbonyl (C=O) groups is 1. The van der Waals surface area contributed by atoms with E-state index in [1.165, 1.54) is 23.9 Å². The summed E-state index contributed by atoms with van der Waals surface area (Å²) < 4.78 is 19.5. The van der Waals surface area contributed by atoms with Crippen molar-refractivity contribution in [1.29, 1.82) is 0 Å². The molecule has 4 rings (SSSR count). The number of aromatic nitrogens is 2. The van der Waals surface area contributed by atoms with Crippen molar-refractivity contribution in [3.8, 4) is 11.4 Å². The molecule has 1 aromatic heterocycles. The van der Waals surface area contributed by atoms with Crippen molar-refractivity contribution in [1.82, 2.24) is 10.1 Å². The van der Waals surface area contributed by atoms with Crippen molar-refractivity contribution in [2.75, 3.05) is 11.1 Å². The molecule has 1 atom stereocenters. The zero-order chi connectivity index (χ0) is 21.3. The molecular weight excluding hydrogens is 405 g/mol. The summed E-state index contributed by atoms with van der Waals surface area (Å²) in [5, 5.41) is 7.11. The van der Waals surface area contributed by atoms with Crippen molar-refractivity contribution in [2.24, 2.45) is 10.7 Å². The van der Waals surface area contributed by atoms with E-state index in [-0.39, 0.29) is 11.7 Å². The summed E-state index contributed by atoms with van der Waals surface area (Å²) in [7, 11) is 0. The Balaban J connectivity index is 1.54. The third kappa shape index (κ3) is 4.06. The molecule has 0 spiro atoms. The van der Waals surface area contributed by atoms with E-state index < -0.39 is 5.54 Å². The Labute approximate surface area is 177 Å². The molecule has 1 amide bonds. The number of rotatable bonds is 4. The highest BCUT2D eigenvalue weighted by Crippen LogP contribution is 2.37. The van der Waals surface area contributed by atoms with Crippen molar-refractivity contribution >= 4 is 28.5 Å². The van der Waals surface area contributed by atoms with E-state index >= 15 is 0 Å². The molecule has 30 heavy (non-hydrogen) atoms. The predicted octanol–water partition coefficient (Wildman–Crippen LogP) is 4.10. The van der Waals surface area contributed by atoms with Gasteiger partial charge in [0.25, 0.3) is 5.91 Å². The topological polar surface area (TPSA) is 106 Å². The van der Waals surface area contributed by atoms with Crippen LogP contribution >= 0.6 is 11.8 Å². The molecule has 1 aliphatic rings. The number of thioether (sulfide) groups is 1. The average molecular weight is 425 g/mol. The second-order valence-electron chi connectivity index (χ2n) is 7.19. The van der Waals surface area contributed by atoms with Crippen LogP contribution in [0.5, 0.6) is 0 Å². The fourth-order valence-electron chi connectivity index (χ4n) is 3.29. The van der Waals surface area contributed by atoms with Gasteiger partial charge in [0.15, 0.2) is 5.17 Å². The summed E-state index contributed by atoms with van der Waals surface area (Å²) in [5.41, 5.74) is 7.18. The number of aryl methyl sites for hydroxylation is 1. The van der Waals surface area contributed by atoms with Crippen LogP contribution in [0.3, 0.4) is 0 Å². The quantitative estimate of drug-likeness (QED) is 0.652. The Hall–Kier alpha value is -3.20. The van der Waals surface area contributed by atoms with Gasteiger partial charge in [-0.3, -0.25) is 9.79 Å². The third-order valence-corrected chi connectivity index (χ3v) is 5.73. The number of nitrogens with zero attached hydrogens (tertiary/aromatic N) is 3. The highest BCUT2D eigenvalue weighted by Gasteiger charge is 2.32. The molecule has 3 N–H and O–H groups in total. The van der Waals surface area contributed by atoms with Gasteiger partial charge in [0.05, 0.1) is 5.54 Å². The Morgan fingerprint density at radius 3 is 2.70 bits per heavy atom. The molecule has 0 saturated carbocycles. The third-order valence-electron chi connectivity index (χ3n) is 4.93. The first-order chi connectivity index (χ1) is 14.3. The molecule has 0 bridgehead atoms. The molecule has 2 aromatic carbocycles. The number of benzene rings is 2. The van der Waals surface area contributed by atoms with Gasteiger partial charge < -0.3 is 15.6 Å². The van der Waals surface area contributed by atoms with Gasteiger partial charge in [0.2, 0.25) is 11.7 Å². The van der Waals surface area contributed by atoms with Gasteiger partial charge in [0.1, 0.15) is 5.82 Å². The lowest BCUT2D eigenvalue weighted by molar-refractivity contribution is 0.102. The number of aliphatic imine (C=N–C) groups is 1. The first-order valence-electron chi connectivity index (χ1n) is 9.34. The van der Waals surface area contributed by atoms with Crippen LogP contribution < -0.4 is 11.1 Å². The minimum absolute atomic E-state index is 0.309. The second-order valence-corrected chi connectivity index (χ2v) is 8.30. The van der Waals surface area contributed by atoms with Crippen LogP contribution in [0, 0.1) is 12.7 Å². The second kappa shape index (κ2) is 7.91. The maximum atomic E-state index is 14.5. The van der Waals surface area contributed by atoms with Crippen LogP contribution in [-0.2, 0) is 5.54 Å². The maximum Gasteiger partial charge on any atom is 0.255 e. The lowest BCUT2D eigenvalue weighted by Gasteiger charge is -2.30. The number of halogens is 1. The van der Waals surface area contributed by atoms with E-state index in [0.29, 0.717) is 40.1 Å². The Kier molecular flexibility index (Phi) is 5.29. The van der Waals surface area contributed by atoms with E-state index in [1.54, 1.807) is 37.3 Å². The number of hydrogen-bond acceptors (Lipinski definition) is 7. The van der Waals surface area contributed by atoms with Gasteiger partial charge in [-0.25, -0.2) is 4.39 Å². The summed E-state index contributed by atoms with van der Waals surface area (Å²) in [4.78, 5) is 21.3. The van der Waals surface area contributed by atoms with Gasteiger partial charge in [0, 0.05) is 35.1 Å². The molecule has 0 fully saturated rings. The molecule has 154 valence electrons. The van der Waals surface area contributed by atoms with Crippen LogP contribution in [0.25, 0.3) is 11.4 Å². The van der Waals surface area contributed by atoms with Gasteiger partial charge in [-0.05, 0) is 43.7 Å². The lowest BCUT2D eigenvalue weighted by Crippen LogP contribution is -2.29. The van der Waals surface area contributed by atoms with Crippen LogP contribution in [0.1, 0.15) is 35.2 Å². The zero-order valence-electron chi connectivity index (χ0n) is 16.5. The molecule has 0 aliphatic carbocycles. The fourth-order valence-corrected chi connectivity index (χ4v) is 4.26. The summed E-state index contributed by atoms with van der Waals surface area (Å²) >= 11 is 1.45. The first kappa shape index (κ1) is 20.1. The summed E-state index contributed by atoms with van der Waals surface area (Å²) in [6.45, 7) is 3.56. The highest BCUT2D eigenvalue weighted by atomic mass is 32.2. The smallest absolute Gasteiger partial charge is 0.255 e. The molecule has 1 aliphatic heterocycles. The SMILES string of the molecule is Cc1nc(-c2ccc(C(=O)Nc3ccc(F)c(C4(C)CCSC(N)=N4)c3)cc2)no1. The Bertz CT molecular complexity index is 1130. The first-order valence-corrected chi connectivity index (χ1v) is 10.3. The van der Waals surface area contributed by atoms with Crippen LogP contribution in [0.2, 0.25) is 0 Å². The van der Waals surface area contributed by atoms with Gasteiger partial charge in [-0.15, -0.1) is 0 Å². The number of amides is 1. The van der Waals surface area contributed by atoms with Crippen molar-refractivity contribution in [2.45, 2.75) is 25.8 Å². The average Bonchev–Trinajstić information content (AvgIpc) is 3.15. The van der Waals surface area contributed by atoms with E-state index in [1.807, 2.05) is 6.92 Å². The Morgan fingerprint density at radius 2 is 2.03 bits per heavy atom. The van der Waals surface area contributed by atoms with Crippen molar-refractivity contribution in [3.63, 3.8) is 0 Å². The molecular formula is C21H20FN5O2S. The highest BCUT2D eigenvalue weighted by molar-refractivity contribution is 8.13. The number of nitrogens with one attached hydrogen (secondary N) is 1. The normalized spacial score (nSPS) is 18.7. The lowest BCUT2D eigenvalue weighted by atomic mass is 9.89. The molecule has 0 saturated heterocycles. The molecule has 9 heteroatoms. The number of carbonyl (C=O) groups excluding carboxylic acids is 1. The molecule has 2 heterocycles. The monoisotopic (exact) mass is 425 g/mol. The molecule has 3 aromatic rings. The summed E-state index contributed by atoms with van der Waals surface area (Å²) in [6.07, 6.45) is 0.656.